The molecule has 17 heavy (non-hydrogen) atoms. The number of carbonyl (C=O) groups is 3. The molecule has 0 aliphatic carbocycles. The highest BCUT2D eigenvalue weighted by molar-refractivity contribution is 6.01. The van der Waals surface area contributed by atoms with Gasteiger partial charge in [0.15, 0.2) is 0 Å². The molecule has 0 spiro atoms. The molecule has 0 aliphatic rings. The first-order valence-electron chi connectivity index (χ1n) is 4.53. The Kier molecular flexibility index (Phi) is 3.78. The van der Waals surface area contributed by atoms with Crippen LogP contribution in [-0.4, -0.2) is 39.1 Å². The van der Waals surface area contributed by atoms with Gasteiger partial charge in [0.1, 0.15) is 11.4 Å². The number of nitrogens with zero attached hydrogens (tertiary/aromatic N) is 1. The van der Waals surface area contributed by atoms with Crippen molar-refractivity contribution in [2.75, 3.05) is 5.32 Å². The lowest BCUT2D eigenvalue weighted by Gasteiger charge is -2.09. The molecule has 1 heterocycles. The second-order valence-electron chi connectivity index (χ2n) is 3.23. The molecule has 0 aromatic carbocycles. The van der Waals surface area contributed by atoms with Gasteiger partial charge in [0.05, 0.1) is 18.7 Å². The number of carboxylic acids is 1. The van der Waals surface area contributed by atoms with Gasteiger partial charge in [0.2, 0.25) is 11.8 Å². The molecule has 1 aromatic heterocycles. The predicted molar refractivity (Wildman–Crippen MR) is 56.0 cm³/mol. The molecule has 1 atom stereocenters. The molecule has 2 amide bonds. The van der Waals surface area contributed by atoms with Gasteiger partial charge < -0.3 is 21.9 Å². The Morgan fingerprint density at radius 2 is 2.18 bits per heavy atom. The third-order valence-corrected chi connectivity index (χ3v) is 1.88. The third kappa shape index (κ3) is 3.28. The summed E-state index contributed by atoms with van der Waals surface area (Å²) in [5.74, 6) is -2.80. The van der Waals surface area contributed by atoms with Crippen LogP contribution in [0.15, 0.2) is 6.20 Å². The topological polar surface area (TPSA) is 164 Å². The standard InChI is InChI=1S/C8H11N5O4/c9-4(1-5(10)14)7(15)12-6-3(8(16)17)2-11-13-6/h2,4H,1,9H2,(H2,10,14)(H,16,17)(H2,11,12,13,15)/t4-/m0/s1. The van der Waals surface area contributed by atoms with Crippen LogP contribution in [0.4, 0.5) is 5.82 Å². The maximum atomic E-state index is 11.4. The molecule has 0 aliphatic heterocycles. The molecule has 0 fully saturated rings. The van der Waals surface area contributed by atoms with Gasteiger partial charge in [0, 0.05) is 0 Å². The van der Waals surface area contributed by atoms with Crippen molar-refractivity contribution in [1.29, 1.82) is 0 Å². The first kappa shape index (κ1) is 12.6. The maximum absolute atomic E-state index is 11.4. The Labute approximate surface area is 95.2 Å². The second kappa shape index (κ2) is 5.07. The zero-order valence-electron chi connectivity index (χ0n) is 8.64. The molecule has 0 saturated carbocycles. The van der Waals surface area contributed by atoms with Crippen LogP contribution in [0, 0.1) is 0 Å². The van der Waals surface area contributed by atoms with E-state index in [1.807, 2.05) is 0 Å². The molecule has 1 aromatic rings. The first-order valence-corrected chi connectivity index (χ1v) is 4.53. The van der Waals surface area contributed by atoms with E-state index in [1.54, 1.807) is 0 Å². The lowest BCUT2D eigenvalue weighted by Crippen LogP contribution is -2.39. The van der Waals surface area contributed by atoms with E-state index in [4.69, 9.17) is 16.6 Å². The summed E-state index contributed by atoms with van der Waals surface area (Å²) in [6, 6.07) is -1.14. The van der Waals surface area contributed by atoms with Gasteiger partial charge in [-0.25, -0.2) is 4.79 Å². The number of primary amides is 1. The van der Waals surface area contributed by atoms with Gasteiger partial charge in [-0.05, 0) is 0 Å². The van der Waals surface area contributed by atoms with E-state index in [0.29, 0.717) is 0 Å². The molecule has 92 valence electrons. The Balaban J connectivity index is 2.71. The van der Waals surface area contributed by atoms with E-state index < -0.39 is 23.8 Å². The van der Waals surface area contributed by atoms with Crippen molar-refractivity contribution in [3.05, 3.63) is 11.8 Å². The number of hydrogen-bond acceptors (Lipinski definition) is 5. The van der Waals surface area contributed by atoms with Crippen LogP contribution in [0.3, 0.4) is 0 Å². The van der Waals surface area contributed by atoms with E-state index in [1.165, 1.54) is 0 Å². The minimum atomic E-state index is -1.25. The summed E-state index contributed by atoms with van der Waals surface area (Å²) in [5.41, 5.74) is 10.0. The van der Waals surface area contributed by atoms with Crippen molar-refractivity contribution in [3.63, 3.8) is 0 Å². The number of rotatable bonds is 5. The van der Waals surface area contributed by atoms with Crippen molar-refractivity contribution in [2.24, 2.45) is 11.5 Å². The summed E-state index contributed by atoms with van der Waals surface area (Å²) >= 11 is 0. The molecule has 0 saturated heterocycles. The molecule has 9 nitrogen and oxygen atoms in total. The highest BCUT2D eigenvalue weighted by Gasteiger charge is 2.20. The molecule has 0 unspecified atom stereocenters. The fourth-order valence-electron chi connectivity index (χ4n) is 1.07. The number of aromatic carboxylic acids is 1. The van der Waals surface area contributed by atoms with E-state index in [0.717, 1.165) is 6.20 Å². The van der Waals surface area contributed by atoms with Crippen molar-refractivity contribution in [1.82, 2.24) is 10.2 Å². The van der Waals surface area contributed by atoms with Crippen LogP contribution in [0.25, 0.3) is 0 Å². The van der Waals surface area contributed by atoms with Crippen molar-refractivity contribution in [2.45, 2.75) is 12.5 Å². The number of hydrogen-bond donors (Lipinski definition) is 5. The van der Waals surface area contributed by atoms with Gasteiger partial charge in [-0.15, -0.1) is 0 Å². The van der Waals surface area contributed by atoms with Crippen molar-refractivity contribution in [3.8, 4) is 0 Å². The van der Waals surface area contributed by atoms with Gasteiger partial charge in [0.25, 0.3) is 0 Å². The minimum Gasteiger partial charge on any atom is -0.477 e. The summed E-state index contributed by atoms with van der Waals surface area (Å²) in [6.07, 6.45) is 0.708. The van der Waals surface area contributed by atoms with Gasteiger partial charge in [-0.1, -0.05) is 0 Å². The van der Waals surface area contributed by atoms with E-state index >= 15 is 0 Å². The Bertz CT molecular complexity index is 455. The second-order valence-corrected chi connectivity index (χ2v) is 3.23. The SMILES string of the molecule is NC(=O)C[C@H](N)C(=O)Nc1[nH]ncc1C(=O)O. The van der Waals surface area contributed by atoms with Crippen LogP contribution in [0.2, 0.25) is 0 Å². The lowest BCUT2D eigenvalue weighted by molar-refractivity contribution is -0.123. The maximum Gasteiger partial charge on any atom is 0.341 e. The fraction of sp³-hybridized carbons (Fsp3) is 0.250. The molecule has 9 heteroatoms. The highest BCUT2D eigenvalue weighted by Crippen LogP contribution is 2.10. The predicted octanol–water partition coefficient (Wildman–Crippen LogP) is -1.75. The van der Waals surface area contributed by atoms with Crippen LogP contribution >= 0.6 is 0 Å². The largest absolute Gasteiger partial charge is 0.477 e. The lowest BCUT2D eigenvalue weighted by atomic mass is 10.2. The summed E-state index contributed by atoms with van der Waals surface area (Å²) in [7, 11) is 0. The number of nitrogens with one attached hydrogen (secondary N) is 2. The number of aromatic nitrogens is 2. The number of amides is 2. The third-order valence-electron chi connectivity index (χ3n) is 1.88. The van der Waals surface area contributed by atoms with Crippen LogP contribution in [0.5, 0.6) is 0 Å². The Morgan fingerprint density at radius 3 is 2.71 bits per heavy atom. The van der Waals surface area contributed by atoms with E-state index in [-0.39, 0.29) is 17.8 Å². The monoisotopic (exact) mass is 241 g/mol. The molecular formula is C8H11N5O4. The molecule has 7 N–H and O–H groups in total. The zero-order valence-corrected chi connectivity index (χ0v) is 8.64. The number of H-pyrrole nitrogens is 1. The average Bonchev–Trinajstić information content (AvgIpc) is 2.64. The minimum absolute atomic E-state index is 0.0950. The van der Waals surface area contributed by atoms with Crippen LogP contribution in [0.1, 0.15) is 16.8 Å². The van der Waals surface area contributed by atoms with Gasteiger partial charge >= 0.3 is 5.97 Å². The van der Waals surface area contributed by atoms with Gasteiger partial charge in [-0.2, -0.15) is 5.10 Å². The Morgan fingerprint density at radius 1 is 1.53 bits per heavy atom. The van der Waals surface area contributed by atoms with Gasteiger partial charge in [-0.3, -0.25) is 14.7 Å². The van der Waals surface area contributed by atoms with E-state index in [9.17, 15) is 14.4 Å². The summed E-state index contributed by atoms with van der Waals surface area (Å²) in [4.78, 5) is 32.7. The number of anilines is 1. The number of carboxylic acid groups (broad SMARTS) is 1. The van der Waals surface area contributed by atoms with Crippen LogP contribution < -0.4 is 16.8 Å². The zero-order chi connectivity index (χ0) is 13.0. The normalized spacial score (nSPS) is 11.8. The van der Waals surface area contributed by atoms with Crippen LogP contribution in [-0.2, 0) is 9.59 Å². The van der Waals surface area contributed by atoms with E-state index in [2.05, 4.69) is 15.5 Å². The summed E-state index contributed by atoms with van der Waals surface area (Å²) in [6.45, 7) is 0. The van der Waals surface area contributed by atoms with Crippen molar-refractivity contribution < 1.29 is 19.5 Å². The summed E-state index contributed by atoms with van der Waals surface area (Å²) in [5, 5.41) is 16.7. The quantitative estimate of drug-likeness (QED) is 0.410. The number of aromatic amines is 1. The smallest absolute Gasteiger partial charge is 0.341 e. The highest BCUT2D eigenvalue weighted by atomic mass is 16.4. The summed E-state index contributed by atoms with van der Waals surface area (Å²) < 4.78 is 0. The molecular weight excluding hydrogens is 230 g/mol. The van der Waals surface area contributed by atoms with Crippen molar-refractivity contribution >= 4 is 23.6 Å². The Hall–Kier alpha value is -2.42. The first-order chi connectivity index (χ1) is 7.91. The molecule has 0 bridgehead atoms. The number of nitrogens with two attached hydrogens (primary N) is 2. The molecule has 1 rings (SSSR count). The molecule has 0 radical (unpaired) electrons. The average molecular weight is 241 g/mol. The fourth-order valence-corrected chi connectivity index (χ4v) is 1.07. The number of carbonyl (C=O) groups excluding carboxylic acids is 2.